The van der Waals surface area contributed by atoms with E-state index in [0.717, 1.165) is 11.1 Å². The molecule has 0 saturated heterocycles. The molecule has 0 bridgehead atoms. The van der Waals surface area contributed by atoms with E-state index in [1.54, 1.807) is 6.92 Å². The minimum Gasteiger partial charge on any atom is -0.479 e. The monoisotopic (exact) mass is 319 g/mol. The molecule has 0 spiro atoms. The summed E-state index contributed by atoms with van der Waals surface area (Å²) in [6, 6.07) is 7.83. The van der Waals surface area contributed by atoms with Gasteiger partial charge in [-0.2, -0.15) is 0 Å². The standard InChI is InChI=1S/C18H25NO4/c1-4-19(17(22)23-12-13(2)3)18(16(20)21)10-9-14-7-5-6-8-15(14)11-18/h5-8,13H,4,9-12H2,1-3H3,(H,20,21). The van der Waals surface area contributed by atoms with Crippen LogP contribution in [0.25, 0.3) is 0 Å². The van der Waals surface area contributed by atoms with E-state index in [9.17, 15) is 14.7 Å². The lowest BCUT2D eigenvalue weighted by atomic mass is 9.77. The maximum absolute atomic E-state index is 12.4. The van der Waals surface area contributed by atoms with Crippen LogP contribution in [-0.4, -0.2) is 40.8 Å². The first-order valence-corrected chi connectivity index (χ1v) is 8.15. The maximum Gasteiger partial charge on any atom is 0.410 e. The van der Waals surface area contributed by atoms with Crippen molar-refractivity contribution in [1.82, 2.24) is 4.90 Å². The van der Waals surface area contributed by atoms with Gasteiger partial charge in [0.25, 0.3) is 0 Å². The normalized spacial score (nSPS) is 20.0. The predicted molar refractivity (Wildman–Crippen MR) is 87.4 cm³/mol. The van der Waals surface area contributed by atoms with Crippen molar-refractivity contribution in [3.8, 4) is 0 Å². The molecule has 2 rings (SSSR count). The molecule has 1 aromatic carbocycles. The van der Waals surface area contributed by atoms with Crippen LogP contribution in [0.2, 0.25) is 0 Å². The Morgan fingerprint density at radius 1 is 1.30 bits per heavy atom. The average Bonchev–Trinajstić information content (AvgIpc) is 2.53. The molecule has 23 heavy (non-hydrogen) atoms. The molecule has 1 amide bonds. The van der Waals surface area contributed by atoms with Crippen molar-refractivity contribution in [3.63, 3.8) is 0 Å². The highest BCUT2D eigenvalue weighted by atomic mass is 16.6. The van der Waals surface area contributed by atoms with E-state index in [2.05, 4.69) is 0 Å². The Balaban J connectivity index is 2.29. The van der Waals surface area contributed by atoms with E-state index < -0.39 is 17.6 Å². The topological polar surface area (TPSA) is 66.8 Å². The first-order chi connectivity index (χ1) is 10.9. The predicted octanol–water partition coefficient (Wildman–Crippen LogP) is 3.11. The third-order valence-electron chi connectivity index (χ3n) is 4.40. The van der Waals surface area contributed by atoms with E-state index in [0.29, 0.717) is 32.4 Å². The van der Waals surface area contributed by atoms with E-state index in [4.69, 9.17) is 4.74 Å². The van der Waals surface area contributed by atoms with Gasteiger partial charge in [0.2, 0.25) is 0 Å². The highest BCUT2D eigenvalue weighted by Gasteiger charge is 2.48. The van der Waals surface area contributed by atoms with Crippen LogP contribution in [0.1, 0.15) is 38.3 Å². The van der Waals surface area contributed by atoms with Crippen molar-refractivity contribution in [2.45, 2.75) is 45.6 Å². The summed E-state index contributed by atoms with van der Waals surface area (Å²) in [5.74, 6) is -0.749. The summed E-state index contributed by atoms with van der Waals surface area (Å²) in [6.07, 6.45) is 0.840. The number of benzene rings is 1. The number of nitrogens with zero attached hydrogens (tertiary/aromatic N) is 1. The summed E-state index contributed by atoms with van der Waals surface area (Å²) in [5.41, 5.74) is 0.934. The maximum atomic E-state index is 12.4. The van der Waals surface area contributed by atoms with Gasteiger partial charge in [-0.25, -0.2) is 9.59 Å². The van der Waals surface area contributed by atoms with Crippen LogP contribution in [0.3, 0.4) is 0 Å². The van der Waals surface area contributed by atoms with Gasteiger partial charge >= 0.3 is 12.1 Å². The second kappa shape index (κ2) is 7.02. The number of hydrogen-bond acceptors (Lipinski definition) is 3. The molecule has 0 saturated carbocycles. The lowest BCUT2D eigenvalue weighted by molar-refractivity contribution is -0.151. The zero-order chi connectivity index (χ0) is 17.0. The van der Waals surface area contributed by atoms with E-state index in [-0.39, 0.29) is 5.92 Å². The van der Waals surface area contributed by atoms with Crippen LogP contribution < -0.4 is 0 Å². The molecule has 0 radical (unpaired) electrons. The van der Waals surface area contributed by atoms with Crippen molar-refractivity contribution in [2.75, 3.05) is 13.2 Å². The van der Waals surface area contributed by atoms with E-state index >= 15 is 0 Å². The Morgan fingerprint density at radius 2 is 1.96 bits per heavy atom. The number of carboxylic acids is 1. The molecule has 0 aliphatic heterocycles. The number of rotatable bonds is 5. The van der Waals surface area contributed by atoms with Crippen LogP contribution >= 0.6 is 0 Å². The zero-order valence-electron chi connectivity index (χ0n) is 14.0. The fraction of sp³-hybridized carbons (Fsp3) is 0.556. The number of aryl methyl sites for hydroxylation is 1. The van der Waals surface area contributed by atoms with Gasteiger partial charge in [-0.1, -0.05) is 38.1 Å². The number of carbonyl (C=O) groups excluding carboxylic acids is 1. The number of hydrogen-bond donors (Lipinski definition) is 1. The zero-order valence-corrected chi connectivity index (χ0v) is 14.0. The van der Waals surface area contributed by atoms with Gasteiger partial charge in [-0.15, -0.1) is 0 Å². The SMILES string of the molecule is CCN(C(=O)OCC(C)C)C1(C(=O)O)CCc2ccccc2C1. The first kappa shape index (κ1) is 17.3. The quantitative estimate of drug-likeness (QED) is 0.905. The van der Waals surface area contributed by atoms with Crippen molar-refractivity contribution >= 4 is 12.1 Å². The van der Waals surface area contributed by atoms with Gasteiger partial charge in [0.1, 0.15) is 5.54 Å². The smallest absolute Gasteiger partial charge is 0.410 e. The number of amides is 1. The Labute approximate surface area is 137 Å². The molecule has 1 unspecified atom stereocenters. The van der Waals surface area contributed by atoms with Crippen LogP contribution in [0, 0.1) is 5.92 Å². The summed E-state index contributed by atoms with van der Waals surface area (Å²) < 4.78 is 5.30. The number of fused-ring (bicyclic) bond motifs is 1. The molecular weight excluding hydrogens is 294 g/mol. The van der Waals surface area contributed by atoms with Gasteiger partial charge in [0.05, 0.1) is 6.61 Å². The van der Waals surface area contributed by atoms with E-state index in [1.165, 1.54) is 4.90 Å². The molecular formula is C18H25NO4. The molecule has 0 aromatic heterocycles. The Kier molecular flexibility index (Phi) is 5.29. The van der Waals surface area contributed by atoms with Gasteiger partial charge in [-0.3, -0.25) is 4.90 Å². The lowest BCUT2D eigenvalue weighted by Crippen LogP contribution is -2.60. The summed E-state index contributed by atoms with van der Waals surface area (Å²) in [6.45, 7) is 6.30. The fourth-order valence-corrected chi connectivity index (χ4v) is 3.17. The number of likely N-dealkylation sites (N-methyl/N-ethyl adjacent to an activating group) is 1. The average molecular weight is 319 g/mol. The van der Waals surface area contributed by atoms with Crippen molar-refractivity contribution < 1.29 is 19.4 Å². The summed E-state index contributed by atoms with van der Waals surface area (Å²) in [7, 11) is 0. The number of ether oxygens (including phenoxy) is 1. The lowest BCUT2D eigenvalue weighted by Gasteiger charge is -2.42. The number of aliphatic carboxylic acids is 1. The summed E-state index contributed by atoms with van der Waals surface area (Å²) in [5, 5.41) is 9.89. The largest absolute Gasteiger partial charge is 0.479 e. The second-order valence-corrected chi connectivity index (χ2v) is 6.50. The Bertz CT molecular complexity index is 584. The van der Waals surface area contributed by atoms with Crippen LogP contribution in [0.5, 0.6) is 0 Å². The third kappa shape index (κ3) is 3.49. The first-order valence-electron chi connectivity index (χ1n) is 8.15. The number of carboxylic acid groups (broad SMARTS) is 1. The van der Waals surface area contributed by atoms with E-state index in [1.807, 2.05) is 38.1 Å². The van der Waals surface area contributed by atoms with Crippen LogP contribution in [0.15, 0.2) is 24.3 Å². The minimum absolute atomic E-state index is 0.213. The van der Waals surface area contributed by atoms with Gasteiger partial charge in [-0.05, 0) is 36.8 Å². The molecule has 126 valence electrons. The highest BCUT2D eigenvalue weighted by molar-refractivity contribution is 5.85. The molecule has 0 fully saturated rings. The highest BCUT2D eigenvalue weighted by Crippen LogP contribution is 2.34. The molecule has 5 heteroatoms. The minimum atomic E-state index is -1.23. The third-order valence-corrected chi connectivity index (χ3v) is 4.40. The second-order valence-electron chi connectivity index (χ2n) is 6.50. The summed E-state index contributed by atoms with van der Waals surface area (Å²) >= 11 is 0. The van der Waals surface area contributed by atoms with Crippen LogP contribution in [-0.2, 0) is 22.4 Å². The summed E-state index contributed by atoms with van der Waals surface area (Å²) in [4.78, 5) is 25.9. The van der Waals surface area contributed by atoms with Crippen LogP contribution in [0.4, 0.5) is 4.79 Å². The molecule has 5 nitrogen and oxygen atoms in total. The molecule has 1 aliphatic carbocycles. The number of carbonyl (C=O) groups is 2. The van der Waals surface area contributed by atoms with Crippen molar-refractivity contribution in [3.05, 3.63) is 35.4 Å². The van der Waals surface area contributed by atoms with Crippen molar-refractivity contribution in [1.29, 1.82) is 0 Å². The Hall–Kier alpha value is -2.04. The molecule has 0 heterocycles. The molecule has 1 aliphatic rings. The van der Waals surface area contributed by atoms with Gasteiger partial charge in [0, 0.05) is 13.0 Å². The van der Waals surface area contributed by atoms with Gasteiger partial charge < -0.3 is 9.84 Å². The fourth-order valence-electron chi connectivity index (χ4n) is 3.17. The van der Waals surface area contributed by atoms with Crippen molar-refractivity contribution in [2.24, 2.45) is 5.92 Å². The molecule has 1 N–H and O–H groups in total. The molecule has 1 atom stereocenters. The van der Waals surface area contributed by atoms with Gasteiger partial charge in [0.15, 0.2) is 0 Å². The molecule has 1 aromatic rings. The Morgan fingerprint density at radius 3 is 2.52 bits per heavy atom.